The molecule has 1 saturated heterocycles. The number of hydrogen-bond acceptors (Lipinski definition) is 4. The lowest BCUT2D eigenvalue weighted by Crippen LogP contribution is -2.37. The fraction of sp³-hybridized carbons (Fsp3) is 0.261. The number of imide groups is 1. The minimum atomic E-state index is -0.656. The lowest BCUT2D eigenvalue weighted by Gasteiger charge is -2.30. The first kappa shape index (κ1) is 21.4. The highest BCUT2D eigenvalue weighted by molar-refractivity contribution is 6.53. The van der Waals surface area contributed by atoms with E-state index in [1.807, 2.05) is 4.90 Å². The Kier molecular flexibility index (Phi) is 6.03. The number of halogens is 2. The Labute approximate surface area is 190 Å². The highest BCUT2D eigenvalue weighted by Crippen LogP contribution is 2.34. The maximum Gasteiger partial charge on any atom is 0.283 e. The van der Waals surface area contributed by atoms with Crippen molar-refractivity contribution in [3.05, 3.63) is 69.8 Å². The lowest BCUT2D eigenvalue weighted by atomic mass is 9.98. The molecule has 31 heavy (non-hydrogen) atoms. The molecule has 3 amide bonds. The van der Waals surface area contributed by atoms with Crippen LogP contribution >= 0.6 is 23.2 Å². The van der Waals surface area contributed by atoms with Crippen molar-refractivity contribution in [3.8, 4) is 0 Å². The van der Waals surface area contributed by atoms with Gasteiger partial charge in [0.05, 0.1) is 10.7 Å². The number of benzene rings is 2. The molecule has 8 heteroatoms. The second kappa shape index (κ2) is 8.73. The fourth-order valence-corrected chi connectivity index (χ4v) is 4.16. The summed E-state index contributed by atoms with van der Waals surface area (Å²) in [6.07, 6.45) is 1.97. The van der Waals surface area contributed by atoms with Crippen molar-refractivity contribution in [1.29, 1.82) is 0 Å². The van der Waals surface area contributed by atoms with Crippen molar-refractivity contribution in [3.63, 3.8) is 0 Å². The van der Waals surface area contributed by atoms with Crippen molar-refractivity contribution in [2.24, 2.45) is 5.92 Å². The van der Waals surface area contributed by atoms with E-state index in [1.165, 1.54) is 0 Å². The molecule has 0 spiro atoms. The van der Waals surface area contributed by atoms with Gasteiger partial charge in [-0.3, -0.25) is 14.4 Å². The molecular formula is C23H21Cl2N3O3. The molecule has 160 valence electrons. The van der Waals surface area contributed by atoms with Crippen LogP contribution in [0.25, 0.3) is 0 Å². The third-order valence-corrected chi connectivity index (χ3v) is 6.24. The Morgan fingerprint density at radius 1 is 1.00 bits per heavy atom. The van der Waals surface area contributed by atoms with Crippen LogP contribution in [0.5, 0.6) is 0 Å². The maximum absolute atomic E-state index is 12.9. The number of nitrogens with one attached hydrogen (secondary N) is 1. The molecule has 2 aliphatic heterocycles. The molecule has 0 aliphatic carbocycles. The summed E-state index contributed by atoms with van der Waals surface area (Å²) in [6, 6.07) is 13.4. The average molecular weight is 458 g/mol. The van der Waals surface area contributed by atoms with Crippen LogP contribution < -0.4 is 10.2 Å². The summed E-state index contributed by atoms with van der Waals surface area (Å²) >= 11 is 12.4. The molecule has 0 radical (unpaired) electrons. The Morgan fingerprint density at radius 3 is 2.42 bits per heavy atom. The smallest absolute Gasteiger partial charge is 0.283 e. The number of nitrogens with zero attached hydrogens (tertiary/aromatic N) is 2. The number of para-hydroxylation sites is 1. The third kappa shape index (κ3) is 4.18. The van der Waals surface area contributed by atoms with Crippen molar-refractivity contribution in [2.45, 2.75) is 19.8 Å². The molecule has 2 heterocycles. The second-order valence-corrected chi connectivity index (χ2v) is 8.55. The first-order valence-corrected chi connectivity index (χ1v) is 10.8. The molecule has 0 atom stereocenters. The molecule has 2 aliphatic rings. The van der Waals surface area contributed by atoms with Crippen molar-refractivity contribution >= 4 is 52.3 Å². The van der Waals surface area contributed by atoms with E-state index in [2.05, 4.69) is 12.2 Å². The molecular weight excluding hydrogens is 437 g/mol. The molecule has 4 rings (SSSR count). The van der Waals surface area contributed by atoms with E-state index in [4.69, 9.17) is 23.2 Å². The number of rotatable bonds is 4. The van der Waals surface area contributed by atoms with E-state index in [0.29, 0.717) is 17.2 Å². The first-order valence-electron chi connectivity index (χ1n) is 10.1. The number of likely N-dealkylation sites (tertiary alicyclic amines) is 1. The van der Waals surface area contributed by atoms with E-state index < -0.39 is 11.8 Å². The number of amides is 3. The highest BCUT2D eigenvalue weighted by atomic mass is 35.5. The lowest BCUT2D eigenvalue weighted by molar-refractivity contribution is -0.120. The first-order chi connectivity index (χ1) is 14.9. The minimum absolute atomic E-state index is 0.0528. The SMILES string of the molecule is CC1CCN(C(=O)c2cccc(NC3=C(Cl)C(=O)N(c4ccccc4Cl)C3=O)c2)CC1. The topological polar surface area (TPSA) is 69.7 Å². The van der Waals surface area contributed by atoms with E-state index >= 15 is 0 Å². The van der Waals surface area contributed by atoms with Crippen LogP contribution in [0.1, 0.15) is 30.1 Å². The van der Waals surface area contributed by atoms with Gasteiger partial charge in [-0.25, -0.2) is 4.90 Å². The van der Waals surface area contributed by atoms with Crippen LogP contribution in [-0.4, -0.2) is 35.7 Å². The van der Waals surface area contributed by atoms with E-state index in [9.17, 15) is 14.4 Å². The van der Waals surface area contributed by atoms with Crippen molar-refractivity contribution in [2.75, 3.05) is 23.3 Å². The average Bonchev–Trinajstić information content (AvgIpc) is 2.98. The molecule has 1 fully saturated rings. The van der Waals surface area contributed by atoms with Gasteiger partial charge in [-0.15, -0.1) is 0 Å². The van der Waals surface area contributed by atoms with Crippen LogP contribution in [0.15, 0.2) is 59.3 Å². The Bertz CT molecular complexity index is 1090. The van der Waals surface area contributed by atoms with E-state index in [1.54, 1.807) is 48.5 Å². The summed E-state index contributed by atoms with van der Waals surface area (Å²) in [5.74, 6) is -0.693. The van der Waals surface area contributed by atoms with Crippen LogP contribution in [0.2, 0.25) is 5.02 Å². The van der Waals surface area contributed by atoms with Crippen molar-refractivity contribution in [1.82, 2.24) is 4.90 Å². The van der Waals surface area contributed by atoms with Gasteiger partial charge in [-0.2, -0.15) is 0 Å². The zero-order valence-corrected chi connectivity index (χ0v) is 18.4. The summed E-state index contributed by atoms with van der Waals surface area (Å²) in [7, 11) is 0. The summed E-state index contributed by atoms with van der Waals surface area (Å²) in [5, 5.41) is 2.95. The number of carbonyl (C=O) groups is 3. The summed E-state index contributed by atoms with van der Waals surface area (Å²) < 4.78 is 0. The number of hydrogen-bond donors (Lipinski definition) is 1. The van der Waals surface area contributed by atoms with Gasteiger partial charge in [0.2, 0.25) is 0 Å². The van der Waals surface area contributed by atoms with E-state index in [-0.39, 0.29) is 27.3 Å². The third-order valence-electron chi connectivity index (χ3n) is 5.57. The predicted molar refractivity (Wildman–Crippen MR) is 121 cm³/mol. The van der Waals surface area contributed by atoms with Gasteiger partial charge in [0.25, 0.3) is 17.7 Å². The number of anilines is 2. The fourth-order valence-electron chi connectivity index (χ4n) is 3.73. The van der Waals surface area contributed by atoms with Gasteiger partial charge < -0.3 is 10.2 Å². The zero-order valence-electron chi connectivity index (χ0n) is 16.9. The molecule has 1 N–H and O–H groups in total. The Balaban J connectivity index is 1.55. The van der Waals surface area contributed by atoms with Gasteiger partial charge in [-0.05, 0) is 49.1 Å². The molecule has 0 saturated carbocycles. The van der Waals surface area contributed by atoms with Gasteiger partial charge in [0.15, 0.2) is 0 Å². The standard InChI is InChI=1S/C23H21Cl2N3O3/c1-14-9-11-27(12-10-14)21(29)15-5-4-6-16(13-15)26-20-19(25)22(30)28(23(20)31)18-8-3-2-7-17(18)24/h2-8,13-14,26H,9-12H2,1H3. The summed E-state index contributed by atoms with van der Waals surface area (Å²) in [6.45, 7) is 3.65. The molecule has 0 unspecified atom stereocenters. The summed E-state index contributed by atoms with van der Waals surface area (Å²) in [5.41, 5.74) is 1.21. The van der Waals surface area contributed by atoms with Crippen LogP contribution in [-0.2, 0) is 9.59 Å². The predicted octanol–water partition coefficient (Wildman–Crippen LogP) is 4.65. The number of carbonyl (C=O) groups excluding carboxylic acids is 3. The van der Waals surface area contributed by atoms with E-state index in [0.717, 1.165) is 30.8 Å². The van der Waals surface area contributed by atoms with Crippen LogP contribution in [0, 0.1) is 5.92 Å². The van der Waals surface area contributed by atoms with Crippen LogP contribution in [0.3, 0.4) is 0 Å². The molecule has 2 aromatic carbocycles. The van der Waals surface area contributed by atoms with Gasteiger partial charge in [-0.1, -0.05) is 48.3 Å². The second-order valence-electron chi connectivity index (χ2n) is 7.77. The molecule has 0 aromatic heterocycles. The maximum atomic E-state index is 12.9. The van der Waals surface area contributed by atoms with Gasteiger partial charge >= 0.3 is 0 Å². The van der Waals surface area contributed by atoms with Gasteiger partial charge in [0.1, 0.15) is 10.7 Å². The Hall–Kier alpha value is -2.83. The number of piperidine rings is 1. The largest absolute Gasteiger partial charge is 0.350 e. The quantitative estimate of drug-likeness (QED) is 0.678. The zero-order chi connectivity index (χ0) is 22.1. The van der Waals surface area contributed by atoms with Gasteiger partial charge in [0, 0.05) is 24.3 Å². The monoisotopic (exact) mass is 457 g/mol. The Morgan fingerprint density at radius 2 is 1.71 bits per heavy atom. The molecule has 0 bridgehead atoms. The normalized spacial score (nSPS) is 17.5. The summed E-state index contributed by atoms with van der Waals surface area (Å²) in [4.78, 5) is 41.2. The molecule has 2 aromatic rings. The highest BCUT2D eigenvalue weighted by Gasteiger charge is 2.39. The molecule has 6 nitrogen and oxygen atoms in total. The van der Waals surface area contributed by atoms with Crippen molar-refractivity contribution < 1.29 is 14.4 Å². The van der Waals surface area contributed by atoms with Crippen LogP contribution in [0.4, 0.5) is 11.4 Å². The minimum Gasteiger partial charge on any atom is -0.350 e.